The minimum Gasteiger partial charge on any atom is -0.399 e. The molecule has 2 N–H and O–H groups in total. The molecular weight excluding hydrogens is 321 g/mol. The monoisotopic (exact) mass is 337 g/mol. The van der Waals surface area contributed by atoms with Crippen molar-refractivity contribution >= 4 is 38.9 Å². The van der Waals surface area contributed by atoms with Crippen LogP contribution < -0.4 is 5.73 Å². The third-order valence-corrected chi connectivity index (χ3v) is 6.22. The minimum absolute atomic E-state index is 0.0556. The van der Waals surface area contributed by atoms with E-state index < -0.39 is 10.0 Å². The normalized spacial score (nSPS) is 18.4. The molecule has 0 atom stereocenters. The van der Waals surface area contributed by atoms with Crippen LogP contribution in [0.3, 0.4) is 0 Å². The number of halogens is 2. The Kier molecular flexibility index (Phi) is 4.81. The van der Waals surface area contributed by atoms with E-state index in [2.05, 4.69) is 11.8 Å². The second-order valence-electron chi connectivity index (χ2n) is 4.65. The molecule has 0 unspecified atom stereocenters. The fraction of sp³-hybridized carbons (Fsp3) is 0.500. The van der Waals surface area contributed by atoms with Gasteiger partial charge in [0.25, 0.3) is 0 Å². The summed E-state index contributed by atoms with van der Waals surface area (Å²) in [5.74, 6) is 0. The lowest BCUT2D eigenvalue weighted by Gasteiger charge is -2.33. The zero-order valence-corrected chi connectivity index (χ0v) is 13.5. The van der Waals surface area contributed by atoms with Crippen LogP contribution in [0.15, 0.2) is 17.0 Å². The Bertz CT molecular complexity index is 576. The van der Waals surface area contributed by atoms with Gasteiger partial charge in [-0.05, 0) is 18.7 Å². The van der Waals surface area contributed by atoms with E-state index in [-0.39, 0.29) is 14.9 Å². The number of hydrogen-bond acceptors (Lipinski definition) is 4. The molecule has 0 bridgehead atoms. The quantitative estimate of drug-likeness (QED) is 0.855. The maximum absolute atomic E-state index is 12.6. The Labute approximate surface area is 129 Å². The largest absolute Gasteiger partial charge is 0.399 e. The summed E-state index contributed by atoms with van der Waals surface area (Å²) in [7, 11) is -3.68. The summed E-state index contributed by atoms with van der Waals surface area (Å²) < 4.78 is 26.7. The van der Waals surface area contributed by atoms with E-state index in [9.17, 15) is 8.42 Å². The lowest BCUT2D eigenvalue weighted by molar-refractivity contribution is 0.196. The number of nitrogens with two attached hydrogens (primary N) is 1. The summed E-state index contributed by atoms with van der Waals surface area (Å²) in [4.78, 5) is 2.14. The van der Waals surface area contributed by atoms with E-state index >= 15 is 0 Å². The zero-order chi connectivity index (χ0) is 14.9. The van der Waals surface area contributed by atoms with Crippen LogP contribution in [0.1, 0.15) is 6.92 Å². The van der Waals surface area contributed by atoms with E-state index in [0.29, 0.717) is 31.9 Å². The smallest absolute Gasteiger partial charge is 0.246 e. The van der Waals surface area contributed by atoms with Crippen LogP contribution in [-0.2, 0) is 10.0 Å². The van der Waals surface area contributed by atoms with Crippen LogP contribution in [0, 0.1) is 0 Å². The molecule has 0 radical (unpaired) electrons. The van der Waals surface area contributed by atoms with E-state index in [4.69, 9.17) is 28.9 Å². The molecule has 1 saturated heterocycles. The molecule has 0 spiro atoms. The lowest BCUT2D eigenvalue weighted by atomic mass is 10.3. The molecule has 112 valence electrons. The SMILES string of the molecule is CCN1CCN(S(=O)(=O)c2c(Cl)cc(N)cc2Cl)CC1. The van der Waals surface area contributed by atoms with Crippen LogP contribution >= 0.6 is 23.2 Å². The summed E-state index contributed by atoms with van der Waals surface area (Å²) in [5, 5.41) is 0.126. The second kappa shape index (κ2) is 6.07. The van der Waals surface area contributed by atoms with Gasteiger partial charge in [-0.3, -0.25) is 0 Å². The molecule has 1 aliphatic heterocycles. The predicted octanol–water partition coefficient (Wildman–Crippen LogP) is 1.90. The highest BCUT2D eigenvalue weighted by Gasteiger charge is 2.31. The molecule has 1 heterocycles. The molecule has 0 saturated carbocycles. The van der Waals surface area contributed by atoms with Gasteiger partial charge in [0.15, 0.2) is 0 Å². The third-order valence-electron chi connectivity index (χ3n) is 3.40. The molecule has 5 nitrogen and oxygen atoms in total. The molecule has 8 heteroatoms. The molecule has 2 rings (SSSR count). The Hall–Kier alpha value is -0.530. The molecule has 1 aliphatic rings. The maximum atomic E-state index is 12.6. The van der Waals surface area contributed by atoms with E-state index in [1.165, 1.54) is 16.4 Å². The average molecular weight is 338 g/mol. The summed E-state index contributed by atoms with van der Waals surface area (Å²) in [6, 6.07) is 2.81. The van der Waals surface area contributed by atoms with Crippen molar-refractivity contribution in [3.05, 3.63) is 22.2 Å². The number of likely N-dealkylation sites (N-methyl/N-ethyl adjacent to an activating group) is 1. The van der Waals surface area contributed by atoms with Crippen molar-refractivity contribution in [1.82, 2.24) is 9.21 Å². The van der Waals surface area contributed by atoms with Crippen LogP contribution in [0.2, 0.25) is 10.0 Å². The molecule has 1 aromatic rings. The number of piperazine rings is 1. The van der Waals surface area contributed by atoms with Gasteiger partial charge in [0.05, 0.1) is 10.0 Å². The summed E-state index contributed by atoms with van der Waals surface area (Å²) in [6.07, 6.45) is 0. The molecular formula is C12H17Cl2N3O2S. The van der Waals surface area contributed by atoms with Crippen molar-refractivity contribution in [2.75, 3.05) is 38.5 Å². The first-order valence-electron chi connectivity index (χ1n) is 6.33. The average Bonchev–Trinajstić information content (AvgIpc) is 2.37. The number of nitrogen functional groups attached to an aromatic ring is 1. The van der Waals surface area contributed by atoms with Gasteiger partial charge in [0, 0.05) is 31.9 Å². The number of sulfonamides is 1. The first-order chi connectivity index (χ1) is 9.36. The highest BCUT2D eigenvalue weighted by Crippen LogP contribution is 2.34. The van der Waals surface area contributed by atoms with Gasteiger partial charge >= 0.3 is 0 Å². The summed E-state index contributed by atoms with van der Waals surface area (Å²) in [6.45, 7) is 5.26. The van der Waals surface area contributed by atoms with Crippen molar-refractivity contribution in [2.45, 2.75) is 11.8 Å². The summed E-state index contributed by atoms with van der Waals surface area (Å²) in [5.41, 5.74) is 5.94. The first-order valence-corrected chi connectivity index (χ1v) is 8.53. The van der Waals surface area contributed by atoms with E-state index in [1.54, 1.807) is 0 Å². The first kappa shape index (κ1) is 15.9. The van der Waals surface area contributed by atoms with E-state index in [0.717, 1.165) is 6.54 Å². The zero-order valence-electron chi connectivity index (χ0n) is 11.1. The van der Waals surface area contributed by atoms with Gasteiger partial charge in [0.2, 0.25) is 10.0 Å². The van der Waals surface area contributed by atoms with Gasteiger partial charge in [-0.2, -0.15) is 4.31 Å². The van der Waals surface area contributed by atoms with Crippen LogP contribution in [0.4, 0.5) is 5.69 Å². The van der Waals surface area contributed by atoms with Gasteiger partial charge in [-0.25, -0.2) is 8.42 Å². The van der Waals surface area contributed by atoms with Crippen LogP contribution in [-0.4, -0.2) is 50.3 Å². The topological polar surface area (TPSA) is 66.6 Å². The van der Waals surface area contributed by atoms with Gasteiger partial charge in [0.1, 0.15) is 4.90 Å². The van der Waals surface area contributed by atoms with Crippen molar-refractivity contribution < 1.29 is 8.42 Å². The van der Waals surface area contributed by atoms with Gasteiger partial charge in [-0.15, -0.1) is 0 Å². The number of rotatable bonds is 3. The van der Waals surface area contributed by atoms with Crippen molar-refractivity contribution in [3.63, 3.8) is 0 Å². The molecule has 1 aromatic carbocycles. The molecule has 0 amide bonds. The second-order valence-corrected chi connectivity index (χ2v) is 7.34. The Balaban J connectivity index is 2.32. The van der Waals surface area contributed by atoms with E-state index in [1.807, 2.05) is 0 Å². The van der Waals surface area contributed by atoms with Crippen LogP contribution in [0.25, 0.3) is 0 Å². The van der Waals surface area contributed by atoms with Gasteiger partial charge < -0.3 is 10.6 Å². The van der Waals surface area contributed by atoms with Crippen LogP contribution in [0.5, 0.6) is 0 Å². The Morgan fingerprint density at radius 3 is 2.10 bits per heavy atom. The summed E-state index contributed by atoms with van der Waals surface area (Å²) >= 11 is 12.0. The maximum Gasteiger partial charge on any atom is 0.246 e. The number of anilines is 1. The van der Waals surface area contributed by atoms with Crippen molar-refractivity contribution in [1.29, 1.82) is 0 Å². The Morgan fingerprint density at radius 1 is 1.15 bits per heavy atom. The molecule has 0 aliphatic carbocycles. The lowest BCUT2D eigenvalue weighted by Crippen LogP contribution is -2.48. The molecule has 20 heavy (non-hydrogen) atoms. The van der Waals surface area contributed by atoms with Gasteiger partial charge in [-0.1, -0.05) is 30.1 Å². The fourth-order valence-corrected chi connectivity index (χ4v) is 4.84. The third kappa shape index (κ3) is 3.04. The van der Waals surface area contributed by atoms with Crippen molar-refractivity contribution in [3.8, 4) is 0 Å². The minimum atomic E-state index is -3.68. The molecule has 1 fully saturated rings. The predicted molar refractivity (Wildman–Crippen MR) is 81.7 cm³/mol. The number of nitrogens with zero attached hydrogens (tertiary/aromatic N) is 2. The highest BCUT2D eigenvalue weighted by atomic mass is 35.5. The number of benzene rings is 1. The highest BCUT2D eigenvalue weighted by molar-refractivity contribution is 7.89. The van der Waals surface area contributed by atoms with Crippen molar-refractivity contribution in [2.24, 2.45) is 0 Å². The Morgan fingerprint density at radius 2 is 1.65 bits per heavy atom. The molecule has 0 aromatic heterocycles. The number of hydrogen-bond donors (Lipinski definition) is 1. The standard InChI is InChI=1S/C12H17Cl2N3O2S/c1-2-16-3-5-17(6-4-16)20(18,19)12-10(13)7-9(15)8-11(12)14/h7-8H,2-6,15H2,1H3. The fourth-order valence-electron chi connectivity index (χ4n) is 2.24.